The number of aliphatic hydroxyl groups excluding tert-OH is 1. The topological polar surface area (TPSA) is 20.2 Å². The summed E-state index contributed by atoms with van der Waals surface area (Å²) in [6.07, 6.45) is 6.14. The van der Waals surface area contributed by atoms with Crippen LogP contribution in [0.2, 0.25) is 0 Å². The molecule has 2 rings (SSSR count). The highest BCUT2D eigenvalue weighted by molar-refractivity contribution is 5.24. The van der Waals surface area contributed by atoms with E-state index in [0.717, 1.165) is 18.4 Å². The maximum Gasteiger partial charge on any atom is 0.0852 e. The van der Waals surface area contributed by atoms with Crippen LogP contribution in [0.15, 0.2) is 36.4 Å². The highest BCUT2D eigenvalue weighted by atomic mass is 16.3. The molecular formula is C13H16O. The van der Waals surface area contributed by atoms with E-state index in [1.54, 1.807) is 0 Å². The van der Waals surface area contributed by atoms with Gasteiger partial charge in [0.05, 0.1) is 6.10 Å². The highest BCUT2D eigenvalue weighted by Gasteiger charge is 2.20. The molecule has 0 heterocycles. The van der Waals surface area contributed by atoms with Crippen molar-refractivity contribution in [3.63, 3.8) is 0 Å². The Morgan fingerprint density at radius 2 is 2.00 bits per heavy atom. The summed E-state index contributed by atoms with van der Waals surface area (Å²) in [7, 11) is 0. The lowest BCUT2D eigenvalue weighted by Crippen LogP contribution is -2.07. The lowest BCUT2D eigenvalue weighted by Gasteiger charge is -2.16. The van der Waals surface area contributed by atoms with Gasteiger partial charge in [-0.2, -0.15) is 0 Å². The number of aryl methyl sites for hydroxylation is 1. The van der Waals surface area contributed by atoms with Crippen LogP contribution >= 0.6 is 0 Å². The van der Waals surface area contributed by atoms with Crippen molar-refractivity contribution < 1.29 is 5.11 Å². The molecule has 0 bridgehead atoms. The molecule has 2 unspecified atom stereocenters. The van der Waals surface area contributed by atoms with Crippen LogP contribution in [0.1, 0.15) is 30.1 Å². The molecule has 1 aliphatic carbocycles. The second-order valence-electron chi connectivity index (χ2n) is 4.02. The van der Waals surface area contributed by atoms with Crippen LogP contribution in [-0.2, 0) is 0 Å². The van der Waals surface area contributed by atoms with Crippen LogP contribution in [-0.4, -0.2) is 5.11 Å². The van der Waals surface area contributed by atoms with Crippen LogP contribution in [0.25, 0.3) is 0 Å². The van der Waals surface area contributed by atoms with Crippen molar-refractivity contribution in [1.29, 1.82) is 0 Å². The molecule has 1 aromatic carbocycles. The van der Waals surface area contributed by atoms with E-state index < -0.39 is 0 Å². The standard InChI is InChI=1S/C13H16O/c1-10-6-8-12(9-7-10)13(14)11-4-2-3-5-11/h2,4,6-9,11,13-14H,3,5H2,1H3. The van der Waals surface area contributed by atoms with Crippen LogP contribution in [0, 0.1) is 12.8 Å². The molecule has 2 atom stereocenters. The molecule has 1 heteroatoms. The quantitative estimate of drug-likeness (QED) is 0.707. The molecule has 0 radical (unpaired) electrons. The number of aliphatic hydroxyl groups is 1. The fraction of sp³-hybridized carbons (Fsp3) is 0.385. The smallest absolute Gasteiger partial charge is 0.0852 e. The summed E-state index contributed by atoms with van der Waals surface area (Å²) >= 11 is 0. The minimum atomic E-state index is -0.325. The van der Waals surface area contributed by atoms with Gasteiger partial charge in [0.1, 0.15) is 0 Å². The van der Waals surface area contributed by atoms with Gasteiger partial charge in [-0.05, 0) is 25.3 Å². The molecule has 0 spiro atoms. The van der Waals surface area contributed by atoms with Gasteiger partial charge in [0.2, 0.25) is 0 Å². The fourth-order valence-electron chi connectivity index (χ4n) is 1.93. The van der Waals surface area contributed by atoms with E-state index in [-0.39, 0.29) is 6.10 Å². The largest absolute Gasteiger partial charge is 0.388 e. The molecule has 0 aromatic heterocycles. The number of allylic oxidation sites excluding steroid dienone is 1. The average molecular weight is 188 g/mol. The fourth-order valence-corrected chi connectivity index (χ4v) is 1.93. The minimum Gasteiger partial charge on any atom is -0.388 e. The van der Waals surface area contributed by atoms with Crippen molar-refractivity contribution in [3.8, 4) is 0 Å². The van der Waals surface area contributed by atoms with Gasteiger partial charge in [-0.25, -0.2) is 0 Å². The predicted molar refractivity (Wildman–Crippen MR) is 58.0 cm³/mol. The molecule has 74 valence electrons. The summed E-state index contributed by atoms with van der Waals surface area (Å²) in [5.41, 5.74) is 2.27. The van der Waals surface area contributed by atoms with Gasteiger partial charge < -0.3 is 5.11 Å². The van der Waals surface area contributed by atoms with Crippen LogP contribution in [0.5, 0.6) is 0 Å². The van der Waals surface area contributed by atoms with Gasteiger partial charge >= 0.3 is 0 Å². The molecule has 1 nitrogen and oxygen atoms in total. The molecule has 0 amide bonds. The van der Waals surface area contributed by atoms with E-state index in [0.29, 0.717) is 5.92 Å². The van der Waals surface area contributed by atoms with Gasteiger partial charge in [-0.3, -0.25) is 0 Å². The Morgan fingerprint density at radius 1 is 1.29 bits per heavy atom. The van der Waals surface area contributed by atoms with E-state index in [1.807, 2.05) is 12.1 Å². The lowest BCUT2D eigenvalue weighted by molar-refractivity contribution is 0.131. The molecule has 1 N–H and O–H groups in total. The third-order valence-electron chi connectivity index (χ3n) is 2.87. The first-order valence-corrected chi connectivity index (χ1v) is 5.18. The summed E-state index contributed by atoms with van der Waals surface area (Å²) in [4.78, 5) is 0. The summed E-state index contributed by atoms with van der Waals surface area (Å²) in [6, 6.07) is 8.15. The van der Waals surface area contributed by atoms with E-state index in [1.165, 1.54) is 5.56 Å². The Balaban J connectivity index is 2.14. The van der Waals surface area contributed by atoms with Crippen molar-refractivity contribution in [3.05, 3.63) is 47.5 Å². The molecule has 0 saturated carbocycles. The first-order valence-electron chi connectivity index (χ1n) is 5.18. The zero-order chi connectivity index (χ0) is 9.97. The average Bonchev–Trinajstić information content (AvgIpc) is 2.71. The Morgan fingerprint density at radius 3 is 2.57 bits per heavy atom. The Bertz CT molecular complexity index is 324. The highest BCUT2D eigenvalue weighted by Crippen LogP contribution is 2.30. The Hall–Kier alpha value is -1.08. The van der Waals surface area contributed by atoms with Crippen LogP contribution in [0.3, 0.4) is 0 Å². The third kappa shape index (κ3) is 1.88. The number of benzene rings is 1. The molecule has 0 aliphatic heterocycles. The molecular weight excluding hydrogens is 172 g/mol. The van der Waals surface area contributed by atoms with Crippen LogP contribution in [0.4, 0.5) is 0 Å². The van der Waals surface area contributed by atoms with Crippen molar-refractivity contribution in [2.24, 2.45) is 5.92 Å². The van der Waals surface area contributed by atoms with Crippen LogP contribution < -0.4 is 0 Å². The van der Waals surface area contributed by atoms with Gasteiger partial charge in [0.15, 0.2) is 0 Å². The molecule has 1 aromatic rings. The van der Waals surface area contributed by atoms with Gasteiger partial charge in [-0.15, -0.1) is 0 Å². The zero-order valence-corrected chi connectivity index (χ0v) is 8.48. The van der Waals surface area contributed by atoms with E-state index in [9.17, 15) is 5.11 Å². The van der Waals surface area contributed by atoms with Gasteiger partial charge in [0.25, 0.3) is 0 Å². The predicted octanol–water partition coefficient (Wildman–Crippen LogP) is 2.99. The monoisotopic (exact) mass is 188 g/mol. The van der Waals surface area contributed by atoms with E-state index >= 15 is 0 Å². The minimum absolute atomic E-state index is 0.317. The maximum absolute atomic E-state index is 10.1. The SMILES string of the molecule is Cc1ccc(C(O)C2C=CCC2)cc1. The van der Waals surface area contributed by atoms with Gasteiger partial charge in [-0.1, -0.05) is 42.0 Å². The maximum atomic E-state index is 10.1. The first-order chi connectivity index (χ1) is 6.77. The van der Waals surface area contributed by atoms with Crippen molar-refractivity contribution >= 4 is 0 Å². The molecule has 0 fully saturated rings. The molecule has 14 heavy (non-hydrogen) atoms. The summed E-state index contributed by atoms with van der Waals surface area (Å²) in [6.45, 7) is 2.06. The Kier molecular flexibility index (Phi) is 2.69. The van der Waals surface area contributed by atoms with Gasteiger partial charge in [0, 0.05) is 5.92 Å². The van der Waals surface area contributed by atoms with Crippen molar-refractivity contribution in [1.82, 2.24) is 0 Å². The Labute approximate surface area is 85.1 Å². The zero-order valence-electron chi connectivity index (χ0n) is 8.48. The number of hydrogen-bond donors (Lipinski definition) is 1. The van der Waals surface area contributed by atoms with E-state index in [2.05, 4.69) is 31.2 Å². The summed E-state index contributed by atoms with van der Waals surface area (Å²) in [5.74, 6) is 0.317. The number of hydrogen-bond acceptors (Lipinski definition) is 1. The first kappa shape index (κ1) is 9.47. The number of rotatable bonds is 2. The second kappa shape index (κ2) is 3.97. The lowest BCUT2D eigenvalue weighted by atomic mass is 9.95. The molecule has 1 aliphatic rings. The van der Waals surface area contributed by atoms with Crippen molar-refractivity contribution in [2.45, 2.75) is 25.9 Å². The van der Waals surface area contributed by atoms with Crippen molar-refractivity contribution in [2.75, 3.05) is 0 Å². The van der Waals surface area contributed by atoms with E-state index in [4.69, 9.17) is 0 Å². The normalized spacial score (nSPS) is 22.6. The third-order valence-corrected chi connectivity index (χ3v) is 2.87. The summed E-state index contributed by atoms with van der Waals surface area (Å²) < 4.78 is 0. The molecule has 0 saturated heterocycles. The second-order valence-corrected chi connectivity index (χ2v) is 4.02. The summed E-state index contributed by atoms with van der Waals surface area (Å²) in [5, 5.41) is 10.1.